The summed E-state index contributed by atoms with van der Waals surface area (Å²) in [7, 11) is 5.25. The maximum absolute atomic E-state index is 7.00. The minimum Gasteiger partial charge on any atom is -0.870 e. The van der Waals surface area contributed by atoms with Crippen LogP contribution in [0.15, 0.2) is 26.3 Å². The van der Waals surface area contributed by atoms with Crippen molar-refractivity contribution in [3.63, 3.8) is 0 Å². The number of aliphatic hydroxyl groups is 2. The molecule has 0 spiro atoms. The molecule has 0 saturated carbocycles. The first-order chi connectivity index (χ1) is 5.41. The van der Waals surface area contributed by atoms with E-state index in [0.29, 0.717) is 0 Å². The lowest BCUT2D eigenvalue weighted by atomic mass is 11.3. The Kier molecular flexibility index (Phi) is 102000. The van der Waals surface area contributed by atoms with E-state index < -0.39 is 0 Å². The van der Waals surface area contributed by atoms with E-state index in [1.807, 2.05) is 0 Å². The fourth-order valence-corrected chi connectivity index (χ4v) is 0. The minimum atomic E-state index is 0. The first kappa shape index (κ1) is 71.8. The van der Waals surface area contributed by atoms with Crippen molar-refractivity contribution in [3.8, 4) is 0 Å². The molecule has 0 atom stereocenters. The Hall–Kier alpha value is -0.720. The SMILES string of the molecule is C.C=C.C=C.CO.CO.COC.[OH-].[OH3+]. The molecule has 0 aromatic heterocycles. The topological polar surface area (TPSA) is 113 Å². The number of ether oxygens (including phenoxy) is 1. The van der Waals surface area contributed by atoms with Crippen molar-refractivity contribution in [2.45, 2.75) is 7.43 Å². The van der Waals surface area contributed by atoms with E-state index in [-0.39, 0.29) is 18.4 Å². The molecule has 0 radical (unpaired) electrons. The lowest BCUT2D eigenvalue weighted by Crippen LogP contribution is -1.55. The summed E-state index contributed by atoms with van der Waals surface area (Å²) in [5.74, 6) is 0. The van der Waals surface area contributed by atoms with Crippen molar-refractivity contribution in [2.24, 2.45) is 0 Å². The molecule has 6 N–H and O–H groups in total. The van der Waals surface area contributed by atoms with E-state index in [4.69, 9.17) is 10.2 Å². The van der Waals surface area contributed by atoms with Crippen molar-refractivity contribution < 1.29 is 25.9 Å². The zero-order valence-electron chi connectivity index (χ0n) is 9.16. The van der Waals surface area contributed by atoms with Gasteiger partial charge in [0.15, 0.2) is 0 Å². The van der Waals surface area contributed by atoms with E-state index >= 15 is 0 Å². The maximum atomic E-state index is 7.00. The molecule has 0 saturated heterocycles. The highest BCUT2D eigenvalue weighted by Crippen LogP contribution is 1.28. The molecular formula is C9H30O5. The molecule has 0 heterocycles. The van der Waals surface area contributed by atoms with Crippen LogP contribution in [-0.2, 0) is 10.2 Å². The molecule has 0 aromatic rings. The molecule has 0 amide bonds. The van der Waals surface area contributed by atoms with Crippen molar-refractivity contribution in [1.29, 1.82) is 0 Å². The monoisotopic (exact) mass is 218 g/mol. The Morgan fingerprint density at radius 2 is 0.786 bits per heavy atom. The van der Waals surface area contributed by atoms with Crippen LogP contribution in [0.2, 0.25) is 0 Å². The molecule has 0 aliphatic heterocycles. The summed E-state index contributed by atoms with van der Waals surface area (Å²) in [5, 5.41) is 14.0. The van der Waals surface area contributed by atoms with Crippen molar-refractivity contribution in [1.82, 2.24) is 0 Å². The number of hydrogen-bond donors (Lipinski definition) is 2. The van der Waals surface area contributed by atoms with Gasteiger partial charge in [0.1, 0.15) is 0 Å². The zero-order valence-corrected chi connectivity index (χ0v) is 9.16. The van der Waals surface area contributed by atoms with Crippen LogP contribution in [0.3, 0.4) is 0 Å². The molecule has 0 rings (SSSR count). The summed E-state index contributed by atoms with van der Waals surface area (Å²) in [6, 6.07) is 0. The summed E-state index contributed by atoms with van der Waals surface area (Å²) in [4.78, 5) is 0. The Labute approximate surface area is 89.0 Å². The fourth-order valence-electron chi connectivity index (χ4n) is 0. The van der Waals surface area contributed by atoms with Crippen LogP contribution in [0.5, 0.6) is 0 Å². The van der Waals surface area contributed by atoms with Gasteiger partial charge in [-0.15, -0.1) is 26.3 Å². The second kappa shape index (κ2) is 19900. The average molecular weight is 218 g/mol. The average Bonchev–Trinajstić information content (AvgIpc) is 2.18. The Morgan fingerprint density at radius 1 is 0.786 bits per heavy atom. The molecule has 0 aliphatic rings. The number of aliphatic hydroxyl groups excluding tert-OH is 2. The molecule has 0 bridgehead atoms. The fraction of sp³-hybridized carbons (Fsp3) is 0.556. The number of hydrogen-bond acceptors (Lipinski definition) is 4. The summed E-state index contributed by atoms with van der Waals surface area (Å²) >= 11 is 0. The number of methoxy groups -OCH3 is 1. The third-order valence-electron chi connectivity index (χ3n) is 0. The van der Waals surface area contributed by atoms with Crippen LogP contribution in [0.1, 0.15) is 7.43 Å². The van der Waals surface area contributed by atoms with Crippen molar-refractivity contribution in [3.05, 3.63) is 26.3 Å². The van der Waals surface area contributed by atoms with Crippen LogP contribution >= 0.6 is 0 Å². The standard InChI is InChI=1S/C2H6O.2C2H4.2CH4O.CH4.2H2O/c1-3-2;4*1-2;;;/h1-2H3;2*1-2H2;2*2H,1H3;1H4;2*1H2. The quantitative estimate of drug-likeness (QED) is 0.458. The summed E-state index contributed by atoms with van der Waals surface area (Å²) in [6.07, 6.45) is 0. The van der Waals surface area contributed by atoms with Crippen LogP contribution < -0.4 is 0 Å². The van der Waals surface area contributed by atoms with Gasteiger partial charge in [-0.1, -0.05) is 7.43 Å². The van der Waals surface area contributed by atoms with Crippen LogP contribution in [-0.4, -0.2) is 44.1 Å². The third-order valence-corrected chi connectivity index (χ3v) is 0. The van der Waals surface area contributed by atoms with E-state index in [1.165, 1.54) is 0 Å². The van der Waals surface area contributed by atoms with Gasteiger partial charge in [-0.3, -0.25) is 0 Å². The molecule has 96 valence electrons. The van der Waals surface area contributed by atoms with Gasteiger partial charge in [0, 0.05) is 28.4 Å². The third kappa shape index (κ3) is 2300. The second-order valence-electron chi connectivity index (χ2n) is 0.408. The van der Waals surface area contributed by atoms with Crippen LogP contribution in [0.4, 0.5) is 0 Å². The summed E-state index contributed by atoms with van der Waals surface area (Å²) in [5.41, 5.74) is 0. The van der Waals surface area contributed by atoms with Gasteiger partial charge in [-0.25, -0.2) is 0 Å². The summed E-state index contributed by atoms with van der Waals surface area (Å²) in [6.45, 7) is 12.0. The van der Waals surface area contributed by atoms with Gasteiger partial charge in [0.05, 0.1) is 0 Å². The smallest absolute Gasteiger partial charge is 0.0351 e. The zero-order chi connectivity index (χ0) is 10.7. The summed E-state index contributed by atoms with van der Waals surface area (Å²) < 4.78 is 4.25. The molecule has 5 heteroatoms. The minimum absolute atomic E-state index is 0. The van der Waals surface area contributed by atoms with E-state index in [9.17, 15) is 0 Å². The highest BCUT2D eigenvalue weighted by atomic mass is 16.4. The van der Waals surface area contributed by atoms with Gasteiger partial charge in [0.25, 0.3) is 0 Å². The first-order valence-corrected chi connectivity index (χ1v) is 2.71. The van der Waals surface area contributed by atoms with Gasteiger partial charge in [0.2, 0.25) is 0 Å². The lowest BCUT2D eigenvalue weighted by molar-refractivity contribution is 0.277. The Bertz CT molecular complexity index is 20.7. The van der Waals surface area contributed by atoms with Gasteiger partial charge < -0.3 is 25.9 Å². The van der Waals surface area contributed by atoms with Crippen LogP contribution in [0.25, 0.3) is 0 Å². The largest absolute Gasteiger partial charge is 0.870 e. The maximum Gasteiger partial charge on any atom is 0.0351 e. The van der Waals surface area contributed by atoms with Gasteiger partial charge >= 0.3 is 0 Å². The highest BCUT2D eigenvalue weighted by Gasteiger charge is 1.25. The predicted octanol–water partition coefficient (Wildman–Crippen LogP) is 0.621. The van der Waals surface area contributed by atoms with Crippen molar-refractivity contribution in [2.75, 3.05) is 28.4 Å². The second-order valence-corrected chi connectivity index (χ2v) is 0.408. The molecule has 0 aliphatic carbocycles. The van der Waals surface area contributed by atoms with Gasteiger partial charge in [-0.05, 0) is 0 Å². The first-order valence-electron chi connectivity index (χ1n) is 2.71. The predicted molar refractivity (Wildman–Crippen MR) is 65.3 cm³/mol. The lowest BCUT2D eigenvalue weighted by Gasteiger charge is -1.61. The normalized spacial score (nSPS) is 2.71. The Morgan fingerprint density at radius 3 is 0.786 bits per heavy atom. The molecule has 0 fully saturated rings. The van der Waals surface area contributed by atoms with Crippen molar-refractivity contribution >= 4 is 0 Å². The van der Waals surface area contributed by atoms with E-state index in [1.54, 1.807) is 14.2 Å². The molecule has 14 heavy (non-hydrogen) atoms. The van der Waals surface area contributed by atoms with Gasteiger partial charge in [-0.2, -0.15) is 0 Å². The van der Waals surface area contributed by atoms with E-state index in [0.717, 1.165) is 14.2 Å². The highest BCUT2D eigenvalue weighted by molar-refractivity contribution is 4.22. The molecule has 0 unspecified atom stereocenters. The number of rotatable bonds is 0. The van der Waals surface area contributed by atoms with Crippen LogP contribution in [0, 0.1) is 0 Å². The Balaban J connectivity index is -0.00000000515. The molecule has 0 aromatic carbocycles. The van der Waals surface area contributed by atoms with E-state index in [2.05, 4.69) is 31.1 Å². The molecule has 5 nitrogen and oxygen atoms in total. The molecular weight excluding hydrogens is 188 g/mol.